The molecule has 0 bridgehead atoms. The Morgan fingerprint density at radius 3 is 2.67 bits per heavy atom. The van der Waals surface area contributed by atoms with Crippen LogP contribution in [0.25, 0.3) is 0 Å². The van der Waals surface area contributed by atoms with Crippen LogP contribution in [0.5, 0.6) is 5.75 Å². The van der Waals surface area contributed by atoms with Gasteiger partial charge in [0.05, 0.1) is 23.4 Å². The van der Waals surface area contributed by atoms with Crippen LogP contribution in [0.3, 0.4) is 0 Å². The molecule has 0 radical (unpaired) electrons. The minimum atomic E-state index is -0.318. The highest BCUT2D eigenvalue weighted by molar-refractivity contribution is 9.10. The smallest absolute Gasteiger partial charge is 0.257 e. The van der Waals surface area contributed by atoms with Crippen LogP contribution in [-0.2, 0) is 0 Å². The number of nitrogens with one attached hydrogen (secondary N) is 1. The maximum atomic E-state index is 12.3. The van der Waals surface area contributed by atoms with Crippen LogP contribution in [-0.4, -0.2) is 13.0 Å². The third-order valence-corrected chi connectivity index (χ3v) is 4.63. The van der Waals surface area contributed by atoms with Gasteiger partial charge in [0, 0.05) is 15.6 Å². The maximum absolute atomic E-state index is 12.3. The van der Waals surface area contributed by atoms with Crippen molar-refractivity contribution in [3.05, 3.63) is 56.0 Å². The van der Waals surface area contributed by atoms with E-state index >= 15 is 0 Å². The summed E-state index contributed by atoms with van der Waals surface area (Å²) in [5, 5.41) is 3.72. The molecule has 2 rings (SSSR count). The second-order valence-electron chi connectivity index (χ2n) is 4.36. The van der Waals surface area contributed by atoms with Crippen molar-refractivity contribution in [3.63, 3.8) is 0 Å². The SMILES string of the molecule is COc1cc(Cl)c(C)cc1NC(=O)c1cccc(Br)c1Cl. The van der Waals surface area contributed by atoms with Crippen molar-refractivity contribution in [1.82, 2.24) is 0 Å². The lowest BCUT2D eigenvalue weighted by Crippen LogP contribution is -2.13. The molecule has 0 aromatic heterocycles. The van der Waals surface area contributed by atoms with E-state index in [9.17, 15) is 4.79 Å². The molecule has 6 heteroatoms. The predicted molar refractivity (Wildman–Crippen MR) is 89.8 cm³/mol. The van der Waals surface area contributed by atoms with Gasteiger partial charge in [0.2, 0.25) is 0 Å². The summed E-state index contributed by atoms with van der Waals surface area (Å²) in [4.78, 5) is 12.3. The van der Waals surface area contributed by atoms with Gasteiger partial charge in [-0.2, -0.15) is 0 Å². The van der Waals surface area contributed by atoms with Crippen LogP contribution in [0.1, 0.15) is 15.9 Å². The zero-order valence-electron chi connectivity index (χ0n) is 11.3. The van der Waals surface area contributed by atoms with E-state index in [4.69, 9.17) is 27.9 Å². The average molecular weight is 389 g/mol. The van der Waals surface area contributed by atoms with Crippen LogP contribution in [0.4, 0.5) is 5.69 Å². The van der Waals surface area contributed by atoms with Crippen LogP contribution in [0, 0.1) is 6.92 Å². The molecule has 0 saturated carbocycles. The van der Waals surface area contributed by atoms with E-state index in [0.717, 1.165) is 5.56 Å². The van der Waals surface area contributed by atoms with Crippen LogP contribution in [0.2, 0.25) is 10.0 Å². The molecular formula is C15H12BrCl2NO2. The monoisotopic (exact) mass is 387 g/mol. The summed E-state index contributed by atoms with van der Waals surface area (Å²) in [7, 11) is 1.52. The van der Waals surface area contributed by atoms with Gasteiger partial charge >= 0.3 is 0 Å². The van der Waals surface area contributed by atoms with Crippen LogP contribution >= 0.6 is 39.1 Å². The highest BCUT2D eigenvalue weighted by atomic mass is 79.9. The molecule has 0 atom stereocenters. The molecule has 0 aliphatic heterocycles. The number of rotatable bonds is 3. The van der Waals surface area contributed by atoms with E-state index in [2.05, 4.69) is 21.2 Å². The van der Waals surface area contributed by atoms with Gasteiger partial charge in [0.1, 0.15) is 5.75 Å². The van der Waals surface area contributed by atoms with Crippen LogP contribution in [0.15, 0.2) is 34.8 Å². The molecule has 2 aromatic rings. The molecule has 1 amide bonds. The normalized spacial score (nSPS) is 10.3. The fourth-order valence-corrected chi connectivity index (χ4v) is 2.53. The number of ether oxygens (including phenoxy) is 1. The first-order chi connectivity index (χ1) is 9.93. The van der Waals surface area contributed by atoms with Gasteiger partial charge in [0.25, 0.3) is 5.91 Å². The van der Waals surface area contributed by atoms with E-state index in [1.54, 1.807) is 30.3 Å². The van der Waals surface area contributed by atoms with Crippen LogP contribution < -0.4 is 10.1 Å². The number of hydrogen-bond donors (Lipinski definition) is 1. The van der Waals surface area contributed by atoms with E-state index in [0.29, 0.717) is 31.5 Å². The summed E-state index contributed by atoms with van der Waals surface area (Å²) >= 11 is 15.5. The number of aryl methyl sites for hydroxylation is 1. The molecule has 0 heterocycles. The summed E-state index contributed by atoms with van der Waals surface area (Å²) in [6.07, 6.45) is 0. The lowest BCUT2D eigenvalue weighted by Gasteiger charge is -2.13. The highest BCUT2D eigenvalue weighted by Gasteiger charge is 2.15. The number of methoxy groups -OCH3 is 1. The molecule has 0 unspecified atom stereocenters. The van der Waals surface area contributed by atoms with Gasteiger partial charge in [-0.15, -0.1) is 0 Å². The number of carbonyl (C=O) groups excluding carboxylic acids is 1. The first-order valence-electron chi connectivity index (χ1n) is 6.03. The number of anilines is 1. The Morgan fingerprint density at radius 1 is 1.29 bits per heavy atom. The average Bonchev–Trinajstić information content (AvgIpc) is 2.45. The van der Waals surface area contributed by atoms with Gasteiger partial charge in [-0.25, -0.2) is 0 Å². The van der Waals surface area contributed by atoms with Gasteiger partial charge in [-0.05, 0) is 46.6 Å². The lowest BCUT2D eigenvalue weighted by atomic mass is 10.1. The summed E-state index contributed by atoms with van der Waals surface area (Å²) in [6, 6.07) is 8.58. The Kier molecular flexibility index (Phi) is 5.14. The van der Waals surface area contributed by atoms with E-state index in [-0.39, 0.29) is 5.91 Å². The third-order valence-electron chi connectivity index (χ3n) is 2.93. The second-order valence-corrected chi connectivity index (χ2v) is 6.00. The van der Waals surface area contributed by atoms with E-state index in [1.165, 1.54) is 7.11 Å². The molecule has 3 nitrogen and oxygen atoms in total. The first-order valence-corrected chi connectivity index (χ1v) is 7.58. The van der Waals surface area contributed by atoms with Gasteiger partial charge < -0.3 is 10.1 Å². The number of amides is 1. The molecule has 0 fully saturated rings. The summed E-state index contributed by atoms with van der Waals surface area (Å²) < 4.78 is 5.89. The predicted octanol–water partition coefficient (Wildman–Crippen LogP) is 5.33. The molecular weight excluding hydrogens is 377 g/mol. The van der Waals surface area contributed by atoms with Gasteiger partial charge in [-0.3, -0.25) is 4.79 Å². The van der Waals surface area contributed by atoms with Gasteiger partial charge in [-0.1, -0.05) is 29.3 Å². The molecule has 0 aliphatic rings. The Hall–Kier alpha value is -1.23. The quantitative estimate of drug-likeness (QED) is 0.771. The molecule has 0 spiro atoms. The zero-order chi connectivity index (χ0) is 15.6. The van der Waals surface area contributed by atoms with Crippen molar-refractivity contribution in [2.75, 3.05) is 12.4 Å². The highest BCUT2D eigenvalue weighted by Crippen LogP contribution is 2.32. The van der Waals surface area contributed by atoms with Crippen molar-refractivity contribution in [2.45, 2.75) is 6.92 Å². The summed E-state index contributed by atoms with van der Waals surface area (Å²) in [5.74, 6) is 0.173. The fraction of sp³-hybridized carbons (Fsp3) is 0.133. The second kappa shape index (κ2) is 6.69. The topological polar surface area (TPSA) is 38.3 Å². The molecule has 1 N–H and O–H groups in total. The maximum Gasteiger partial charge on any atom is 0.257 e. The van der Waals surface area contributed by atoms with Crippen molar-refractivity contribution in [1.29, 1.82) is 0 Å². The van der Waals surface area contributed by atoms with Crippen molar-refractivity contribution in [2.24, 2.45) is 0 Å². The van der Waals surface area contributed by atoms with E-state index in [1.807, 2.05) is 6.92 Å². The minimum Gasteiger partial charge on any atom is -0.495 e. The molecule has 0 saturated heterocycles. The summed E-state index contributed by atoms with van der Waals surface area (Å²) in [5.41, 5.74) is 1.76. The number of carbonyl (C=O) groups is 1. The molecule has 0 aliphatic carbocycles. The largest absolute Gasteiger partial charge is 0.495 e. The zero-order valence-corrected chi connectivity index (χ0v) is 14.4. The van der Waals surface area contributed by atoms with Crippen molar-refractivity contribution in [3.8, 4) is 5.75 Å². The standard InChI is InChI=1S/C15H12BrCl2NO2/c1-8-6-12(13(21-2)7-11(8)17)19-15(20)9-4-3-5-10(16)14(9)18/h3-7H,1-2H3,(H,19,20). The Labute approximate surface area is 141 Å². The fourth-order valence-electron chi connectivity index (χ4n) is 1.80. The number of halogens is 3. The van der Waals surface area contributed by atoms with Gasteiger partial charge in [0.15, 0.2) is 0 Å². The Balaban J connectivity index is 2.36. The minimum absolute atomic E-state index is 0.318. The lowest BCUT2D eigenvalue weighted by molar-refractivity contribution is 0.102. The third kappa shape index (κ3) is 3.51. The molecule has 2 aromatic carbocycles. The molecule has 21 heavy (non-hydrogen) atoms. The van der Waals surface area contributed by atoms with E-state index < -0.39 is 0 Å². The van der Waals surface area contributed by atoms with Crippen molar-refractivity contribution >= 4 is 50.7 Å². The molecule has 110 valence electrons. The number of benzene rings is 2. The Morgan fingerprint density at radius 2 is 2.00 bits per heavy atom. The Bertz CT molecular complexity index is 704. The number of hydrogen-bond acceptors (Lipinski definition) is 2. The first kappa shape index (κ1) is 16.1. The van der Waals surface area contributed by atoms with Crippen molar-refractivity contribution < 1.29 is 9.53 Å². The summed E-state index contributed by atoms with van der Waals surface area (Å²) in [6.45, 7) is 1.85.